The van der Waals surface area contributed by atoms with Crippen molar-refractivity contribution in [2.24, 2.45) is 5.92 Å². The van der Waals surface area contributed by atoms with Gasteiger partial charge in [-0.1, -0.05) is 69.8 Å². The van der Waals surface area contributed by atoms with Crippen molar-refractivity contribution in [1.29, 1.82) is 0 Å². The SMILES string of the molecule is CC(C)Cn1c(SCc2ccccc2F)nnc1C(C)Oc1ccc(C(C)C)cc1. The summed E-state index contributed by atoms with van der Waals surface area (Å²) in [7, 11) is 0. The van der Waals surface area contributed by atoms with Gasteiger partial charge < -0.3 is 9.30 Å². The molecule has 0 radical (unpaired) electrons. The van der Waals surface area contributed by atoms with E-state index in [1.807, 2.05) is 25.1 Å². The predicted octanol–water partition coefficient (Wildman–Crippen LogP) is 6.63. The molecule has 1 heterocycles. The molecule has 0 saturated carbocycles. The van der Waals surface area contributed by atoms with Crippen molar-refractivity contribution in [2.45, 2.75) is 64.1 Å². The van der Waals surface area contributed by atoms with E-state index in [2.05, 4.69) is 54.6 Å². The van der Waals surface area contributed by atoms with E-state index in [0.717, 1.165) is 23.3 Å². The van der Waals surface area contributed by atoms with Crippen molar-refractivity contribution in [2.75, 3.05) is 0 Å². The number of halogens is 1. The molecule has 4 nitrogen and oxygen atoms in total. The third-order valence-corrected chi connectivity index (χ3v) is 5.85. The number of aromatic nitrogens is 3. The minimum absolute atomic E-state index is 0.193. The summed E-state index contributed by atoms with van der Waals surface area (Å²) in [5.41, 5.74) is 1.95. The van der Waals surface area contributed by atoms with Crippen LogP contribution in [0.3, 0.4) is 0 Å². The molecule has 0 spiro atoms. The van der Waals surface area contributed by atoms with Gasteiger partial charge in [-0.25, -0.2) is 4.39 Å². The molecule has 1 unspecified atom stereocenters. The Morgan fingerprint density at radius 3 is 2.30 bits per heavy atom. The molecule has 0 N–H and O–H groups in total. The minimum Gasteiger partial charge on any atom is -0.483 e. The fourth-order valence-corrected chi connectivity index (χ4v) is 4.13. The summed E-state index contributed by atoms with van der Waals surface area (Å²) in [5, 5.41) is 9.59. The van der Waals surface area contributed by atoms with Gasteiger partial charge in [-0.15, -0.1) is 10.2 Å². The molecule has 0 amide bonds. The van der Waals surface area contributed by atoms with Gasteiger partial charge in [0.25, 0.3) is 0 Å². The third kappa shape index (κ3) is 5.63. The molecule has 2 aromatic carbocycles. The molecule has 3 aromatic rings. The van der Waals surface area contributed by atoms with Crippen molar-refractivity contribution in [3.8, 4) is 5.75 Å². The lowest BCUT2D eigenvalue weighted by atomic mass is 10.0. The van der Waals surface area contributed by atoms with Gasteiger partial charge in [0.2, 0.25) is 0 Å². The van der Waals surface area contributed by atoms with Crippen LogP contribution < -0.4 is 4.74 Å². The molecule has 0 aliphatic heterocycles. The number of hydrogen-bond acceptors (Lipinski definition) is 4. The second-order valence-electron chi connectivity index (χ2n) is 8.21. The van der Waals surface area contributed by atoms with Crippen LogP contribution in [0, 0.1) is 11.7 Å². The fraction of sp³-hybridized carbons (Fsp3) is 0.417. The molecular formula is C24H30FN3OS. The maximum Gasteiger partial charge on any atom is 0.191 e. The molecule has 1 aromatic heterocycles. The Bertz CT molecular complexity index is 953. The van der Waals surface area contributed by atoms with E-state index >= 15 is 0 Å². The maximum absolute atomic E-state index is 14.0. The highest BCUT2D eigenvalue weighted by Gasteiger charge is 2.21. The van der Waals surface area contributed by atoms with Crippen molar-refractivity contribution in [1.82, 2.24) is 14.8 Å². The van der Waals surface area contributed by atoms with Crippen molar-refractivity contribution < 1.29 is 9.13 Å². The monoisotopic (exact) mass is 427 g/mol. The van der Waals surface area contributed by atoms with Gasteiger partial charge in [0.15, 0.2) is 17.1 Å². The molecule has 160 valence electrons. The van der Waals surface area contributed by atoms with E-state index in [0.29, 0.717) is 23.2 Å². The number of hydrogen-bond donors (Lipinski definition) is 0. The van der Waals surface area contributed by atoms with Crippen LogP contribution in [-0.4, -0.2) is 14.8 Å². The van der Waals surface area contributed by atoms with Crippen molar-refractivity contribution >= 4 is 11.8 Å². The van der Waals surface area contributed by atoms with Crippen LogP contribution in [0.4, 0.5) is 4.39 Å². The van der Waals surface area contributed by atoms with E-state index in [9.17, 15) is 4.39 Å². The smallest absolute Gasteiger partial charge is 0.191 e. The Labute approximate surface area is 182 Å². The lowest BCUT2D eigenvalue weighted by Gasteiger charge is -2.18. The number of thioether (sulfide) groups is 1. The second-order valence-corrected chi connectivity index (χ2v) is 9.15. The Kier molecular flexibility index (Phi) is 7.53. The zero-order chi connectivity index (χ0) is 21.7. The van der Waals surface area contributed by atoms with E-state index in [1.165, 1.54) is 23.4 Å². The molecule has 0 saturated heterocycles. The first-order chi connectivity index (χ1) is 14.3. The van der Waals surface area contributed by atoms with Gasteiger partial charge in [0.1, 0.15) is 11.6 Å². The van der Waals surface area contributed by atoms with Crippen LogP contribution in [-0.2, 0) is 12.3 Å². The van der Waals surface area contributed by atoms with Gasteiger partial charge in [0, 0.05) is 12.3 Å². The van der Waals surface area contributed by atoms with E-state index < -0.39 is 0 Å². The summed E-state index contributed by atoms with van der Waals surface area (Å²) in [6.45, 7) is 11.4. The number of rotatable bonds is 9. The van der Waals surface area contributed by atoms with Crippen LogP contribution in [0.25, 0.3) is 0 Å². The first-order valence-electron chi connectivity index (χ1n) is 10.4. The largest absolute Gasteiger partial charge is 0.483 e. The molecular weight excluding hydrogens is 397 g/mol. The summed E-state index contributed by atoms with van der Waals surface area (Å²) in [6, 6.07) is 15.0. The number of ether oxygens (including phenoxy) is 1. The lowest BCUT2D eigenvalue weighted by Crippen LogP contribution is -2.15. The van der Waals surface area contributed by atoms with Crippen molar-refractivity contribution in [3.63, 3.8) is 0 Å². The quantitative estimate of drug-likeness (QED) is 0.359. The summed E-state index contributed by atoms with van der Waals surface area (Å²) in [4.78, 5) is 0. The Morgan fingerprint density at radius 2 is 1.67 bits per heavy atom. The molecule has 30 heavy (non-hydrogen) atoms. The van der Waals surface area contributed by atoms with Gasteiger partial charge in [-0.05, 0) is 48.1 Å². The van der Waals surface area contributed by atoms with E-state index in [-0.39, 0.29) is 11.9 Å². The van der Waals surface area contributed by atoms with E-state index in [4.69, 9.17) is 4.74 Å². The highest BCUT2D eigenvalue weighted by molar-refractivity contribution is 7.98. The number of nitrogens with zero attached hydrogens (tertiary/aromatic N) is 3. The minimum atomic E-state index is -0.246. The average molecular weight is 428 g/mol. The molecule has 0 bridgehead atoms. The molecule has 3 rings (SSSR count). The number of benzene rings is 2. The van der Waals surface area contributed by atoms with Crippen LogP contribution in [0.1, 0.15) is 63.6 Å². The summed E-state index contributed by atoms with van der Waals surface area (Å²) in [5.74, 6) is 2.82. The summed E-state index contributed by atoms with van der Waals surface area (Å²) >= 11 is 1.50. The molecule has 6 heteroatoms. The van der Waals surface area contributed by atoms with Gasteiger partial charge in [0.05, 0.1) is 0 Å². The van der Waals surface area contributed by atoms with Crippen LogP contribution in [0.15, 0.2) is 53.7 Å². The van der Waals surface area contributed by atoms with Crippen LogP contribution in [0.5, 0.6) is 5.75 Å². The van der Waals surface area contributed by atoms with Crippen molar-refractivity contribution in [3.05, 3.63) is 71.3 Å². The fourth-order valence-electron chi connectivity index (χ4n) is 3.19. The zero-order valence-corrected chi connectivity index (χ0v) is 19.1. The first-order valence-corrected chi connectivity index (χ1v) is 11.4. The second kappa shape index (κ2) is 10.1. The first kappa shape index (κ1) is 22.3. The predicted molar refractivity (Wildman–Crippen MR) is 120 cm³/mol. The zero-order valence-electron chi connectivity index (χ0n) is 18.3. The topological polar surface area (TPSA) is 39.9 Å². The Morgan fingerprint density at radius 1 is 0.967 bits per heavy atom. The van der Waals surface area contributed by atoms with Gasteiger partial charge in [-0.2, -0.15) is 0 Å². The molecule has 0 aliphatic rings. The standard InChI is InChI=1S/C24H30FN3OS/c1-16(2)14-28-23(18(5)29-21-12-10-19(11-13-21)17(3)4)26-27-24(28)30-15-20-8-6-7-9-22(20)25/h6-13,16-18H,14-15H2,1-5H3. The third-order valence-electron chi connectivity index (χ3n) is 4.83. The molecule has 0 aliphatic carbocycles. The lowest BCUT2D eigenvalue weighted by molar-refractivity contribution is 0.207. The van der Waals surface area contributed by atoms with Gasteiger partial charge in [-0.3, -0.25) is 0 Å². The van der Waals surface area contributed by atoms with Gasteiger partial charge >= 0.3 is 0 Å². The Hall–Kier alpha value is -2.34. The Balaban J connectivity index is 1.77. The van der Waals surface area contributed by atoms with E-state index in [1.54, 1.807) is 12.1 Å². The average Bonchev–Trinajstić information content (AvgIpc) is 3.09. The summed E-state index contributed by atoms with van der Waals surface area (Å²) in [6.07, 6.45) is -0.246. The van der Waals surface area contributed by atoms with Crippen LogP contribution >= 0.6 is 11.8 Å². The highest BCUT2D eigenvalue weighted by Crippen LogP contribution is 2.28. The highest BCUT2D eigenvalue weighted by atomic mass is 32.2. The molecule has 1 atom stereocenters. The molecule has 0 fully saturated rings. The normalized spacial score (nSPS) is 12.5. The summed E-state index contributed by atoms with van der Waals surface area (Å²) < 4.78 is 22.2. The van der Waals surface area contributed by atoms with Crippen LogP contribution in [0.2, 0.25) is 0 Å². The maximum atomic E-state index is 14.0.